The van der Waals surface area contributed by atoms with E-state index in [1.807, 2.05) is 0 Å². The largest absolute Gasteiger partial charge is 0.301 e. The Labute approximate surface area is 113 Å². The van der Waals surface area contributed by atoms with E-state index in [1.54, 1.807) is 6.92 Å². The summed E-state index contributed by atoms with van der Waals surface area (Å²) in [7, 11) is -4.72. The fraction of sp³-hybridized carbons (Fsp3) is 0.200. The third-order valence-electron chi connectivity index (χ3n) is 2.58. The van der Waals surface area contributed by atoms with E-state index in [0.717, 1.165) is 23.2 Å². The molecule has 1 amide bonds. The van der Waals surface area contributed by atoms with Gasteiger partial charge in [0.1, 0.15) is 0 Å². The van der Waals surface area contributed by atoms with Crippen LogP contribution in [-0.4, -0.2) is 29.5 Å². The van der Waals surface area contributed by atoms with Crippen molar-refractivity contribution in [1.82, 2.24) is 0 Å². The number of benzene rings is 1. The second-order valence-corrected chi connectivity index (χ2v) is 5.49. The zero-order valence-corrected chi connectivity index (χ0v) is 11.0. The summed E-state index contributed by atoms with van der Waals surface area (Å²) in [5.41, 5.74) is -0.222. The van der Waals surface area contributed by atoms with E-state index in [9.17, 15) is 23.3 Å². The summed E-state index contributed by atoms with van der Waals surface area (Å²) in [5.74, 6) is -0.378. The lowest BCUT2D eigenvalue weighted by Crippen LogP contribution is -2.19. The second-order valence-electron chi connectivity index (χ2n) is 4.10. The van der Waals surface area contributed by atoms with Crippen LogP contribution in [0.3, 0.4) is 0 Å². The number of anilines is 1. The van der Waals surface area contributed by atoms with Crippen LogP contribution in [0, 0.1) is 10.1 Å². The Morgan fingerprint density at radius 3 is 2.55 bits per heavy atom. The van der Waals surface area contributed by atoms with Crippen LogP contribution in [-0.2, 0) is 14.9 Å². The quantitative estimate of drug-likeness (QED) is 0.502. The predicted molar refractivity (Wildman–Crippen MR) is 68.1 cm³/mol. The zero-order chi connectivity index (χ0) is 15.1. The van der Waals surface area contributed by atoms with E-state index in [2.05, 4.69) is 5.10 Å². The number of amides is 1. The van der Waals surface area contributed by atoms with E-state index in [0.29, 0.717) is 5.71 Å². The Balaban J connectivity index is 2.57. The molecule has 1 aliphatic heterocycles. The Kier molecular flexibility index (Phi) is 3.28. The predicted octanol–water partition coefficient (Wildman–Crippen LogP) is 0.954. The first-order valence-electron chi connectivity index (χ1n) is 5.33. The van der Waals surface area contributed by atoms with Gasteiger partial charge in [0.15, 0.2) is 4.90 Å². The highest BCUT2D eigenvalue weighted by molar-refractivity contribution is 7.86. The van der Waals surface area contributed by atoms with Crippen LogP contribution in [0.2, 0.25) is 0 Å². The first-order valence-corrected chi connectivity index (χ1v) is 6.77. The molecule has 1 aliphatic rings. The molecule has 0 aromatic heterocycles. The molecule has 1 N–H and O–H groups in total. The zero-order valence-electron chi connectivity index (χ0n) is 10.2. The molecule has 1 aromatic rings. The maximum Gasteiger partial charge on any atom is 0.301 e. The molecule has 9 nitrogen and oxygen atoms in total. The van der Waals surface area contributed by atoms with Crippen LogP contribution in [0.15, 0.2) is 28.2 Å². The van der Waals surface area contributed by atoms with Gasteiger partial charge in [-0.2, -0.15) is 13.5 Å². The normalized spacial score (nSPS) is 15.4. The van der Waals surface area contributed by atoms with Crippen molar-refractivity contribution in [1.29, 1.82) is 0 Å². The standard InChI is InChI=1S/C10H9N3O6S/c1-6-4-10(14)12(11-6)7-2-3-9(20(17,18)19)8(5-7)13(15)16/h2-3,5H,4H2,1H3,(H,17,18,19). The van der Waals surface area contributed by atoms with Crippen molar-refractivity contribution in [3.8, 4) is 0 Å². The van der Waals surface area contributed by atoms with Gasteiger partial charge in [-0.3, -0.25) is 19.5 Å². The third kappa shape index (κ3) is 2.51. The topological polar surface area (TPSA) is 130 Å². The Bertz CT molecular complexity index is 739. The van der Waals surface area contributed by atoms with Crippen LogP contribution >= 0.6 is 0 Å². The number of hydrogen-bond donors (Lipinski definition) is 1. The van der Waals surface area contributed by atoms with Crippen molar-refractivity contribution < 1.29 is 22.7 Å². The number of nitro groups is 1. The second kappa shape index (κ2) is 4.65. The minimum atomic E-state index is -4.72. The van der Waals surface area contributed by atoms with Gasteiger partial charge in [0.2, 0.25) is 0 Å². The summed E-state index contributed by atoms with van der Waals surface area (Å²) in [5, 5.41) is 15.7. The van der Waals surface area contributed by atoms with Gasteiger partial charge in [0.05, 0.1) is 17.0 Å². The molecule has 0 saturated heterocycles. The van der Waals surface area contributed by atoms with E-state index >= 15 is 0 Å². The maximum absolute atomic E-state index is 11.6. The number of hydrogen-bond acceptors (Lipinski definition) is 6. The van der Waals surface area contributed by atoms with E-state index < -0.39 is 25.6 Å². The molecule has 0 unspecified atom stereocenters. The molecule has 2 rings (SSSR count). The average molecular weight is 299 g/mol. The Hall–Kier alpha value is -2.33. The summed E-state index contributed by atoms with van der Waals surface area (Å²) in [6.07, 6.45) is 0.0911. The number of nitrogens with zero attached hydrogens (tertiary/aromatic N) is 3. The highest BCUT2D eigenvalue weighted by Crippen LogP contribution is 2.30. The average Bonchev–Trinajstić information content (AvgIpc) is 2.66. The molecule has 0 saturated carbocycles. The van der Waals surface area contributed by atoms with Crippen molar-refractivity contribution in [3.63, 3.8) is 0 Å². The van der Waals surface area contributed by atoms with Gasteiger partial charge in [-0.1, -0.05) is 0 Å². The van der Waals surface area contributed by atoms with Crippen LogP contribution < -0.4 is 5.01 Å². The lowest BCUT2D eigenvalue weighted by Gasteiger charge is -2.12. The number of nitro benzene ring substituents is 1. The first kappa shape index (κ1) is 14.1. The molecule has 0 spiro atoms. The van der Waals surface area contributed by atoms with E-state index in [1.165, 1.54) is 0 Å². The highest BCUT2D eigenvalue weighted by atomic mass is 32.2. The summed E-state index contributed by atoms with van der Waals surface area (Å²) in [6.45, 7) is 1.62. The molecule has 0 fully saturated rings. The van der Waals surface area contributed by atoms with Gasteiger partial charge in [-0.05, 0) is 19.1 Å². The number of rotatable bonds is 3. The van der Waals surface area contributed by atoms with Gasteiger partial charge < -0.3 is 0 Å². The molecule has 10 heteroatoms. The van der Waals surface area contributed by atoms with Crippen molar-refractivity contribution in [3.05, 3.63) is 28.3 Å². The van der Waals surface area contributed by atoms with Crippen LogP contribution in [0.1, 0.15) is 13.3 Å². The summed E-state index contributed by atoms with van der Waals surface area (Å²) < 4.78 is 31.0. The fourth-order valence-corrected chi connectivity index (χ4v) is 2.39. The Morgan fingerprint density at radius 1 is 1.45 bits per heavy atom. The van der Waals surface area contributed by atoms with Crippen LogP contribution in [0.4, 0.5) is 11.4 Å². The van der Waals surface area contributed by atoms with Gasteiger partial charge in [-0.15, -0.1) is 0 Å². The van der Waals surface area contributed by atoms with Crippen LogP contribution in [0.25, 0.3) is 0 Å². The number of hydrazone groups is 1. The molecule has 0 radical (unpaired) electrons. The Morgan fingerprint density at radius 2 is 2.10 bits per heavy atom. The molecule has 0 aliphatic carbocycles. The minimum Gasteiger partial charge on any atom is -0.282 e. The first-order chi connectivity index (χ1) is 9.20. The third-order valence-corrected chi connectivity index (χ3v) is 3.48. The highest BCUT2D eigenvalue weighted by Gasteiger charge is 2.28. The smallest absolute Gasteiger partial charge is 0.282 e. The summed E-state index contributed by atoms with van der Waals surface area (Å²) in [4.78, 5) is 20.7. The van der Waals surface area contributed by atoms with Crippen molar-refractivity contribution >= 4 is 33.1 Å². The fourth-order valence-electron chi connectivity index (χ4n) is 1.76. The van der Waals surface area contributed by atoms with Gasteiger partial charge in [-0.25, -0.2) is 5.01 Å². The lowest BCUT2D eigenvalue weighted by molar-refractivity contribution is -0.387. The maximum atomic E-state index is 11.6. The van der Waals surface area contributed by atoms with Crippen LogP contribution in [0.5, 0.6) is 0 Å². The van der Waals surface area contributed by atoms with Crippen molar-refractivity contribution in [2.45, 2.75) is 18.2 Å². The minimum absolute atomic E-state index is 0.0611. The summed E-state index contributed by atoms with van der Waals surface area (Å²) >= 11 is 0. The molecule has 1 aromatic carbocycles. The molecule has 20 heavy (non-hydrogen) atoms. The molecule has 1 heterocycles. The number of carbonyl (C=O) groups excluding carboxylic acids is 1. The van der Waals surface area contributed by atoms with Crippen molar-refractivity contribution in [2.24, 2.45) is 5.10 Å². The van der Waals surface area contributed by atoms with E-state index in [4.69, 9.17) is 4.55 Å². The molecular weight excluding hydrogens is 290 g/mol. The molecular formula is C10H9N3O6S. The van der Waals surface area contributed by atoms with Gasteiger partial charge in [0, 0.05) is 11.8 Å². The van der Waals surface area contributed by atoms with Gasteiger partial charge in [0.25, 0.3) is 11.6 Å². The number of carbonyl (C=O) groups is 1. The van der Waals surface area contributed by atoms with Gasteiger partial charge >= 0.3 is 10.1 Å². The molecule has 106 valence electrons. The lowest BCUT2D eigenvalue weighted by atomic mass is 10.2. The molecule has 0 atom stereocenters. The monoisotopic (exact) mass is 299 g/mol. The molecule has 0 bridgehead atoms. The van der Waals surface area contributed by atoms with Crippen molar-refractivity contribution in [2.75, 3.05) is 5.01 Å². The van der Waals surface area contributed by atoms with E-state index in [-0.39, 0.29) is 18.0 Å². The SMILES string of the molecule is CC1=NN(c2ccc(S(=O)(=O)O)c([N+](=O)[O-])c2)C(=O)C1. The summed E-state index contributed by atoms with van der Waals surface area (Å²) in [6, 6.07) is 2.90.